The molecular weight excluding hydrogens is 782 g/mol. The lowest BCUT2D eigenvalue weighted by atomic mass is 10.1. The van der Waals surface area contributed by atoms with E-state index in [1.54, 1.807) is 0 Å². The van der Waals surface area contributed by atoms with Crippen molar-refractivity contribution in [3.63, 3.8) is 0 Å². The SMILES string of the molecule is CC/C=C\C/C=C\C/C=C\C/C=C\C/C=C\C/C=C\CCCCCCCOCC(COP(=O)(O)OCCN)OC(=O)CCCCCCCCC/C=C\C/C=C\CCCCCC. The number of carbonyl (C=O) groups is 1. The number of carbonyl (C=O) groups excluding carboxylic acids is 1. The van der Waals surface area contributed by atoms with Crippen LogP contribution in [0.15, 0.2) is 97.2 Å². The summed E-state index contributed by atoms with van der Waals surface area (Å²) in [4.78, 5) is 22.6. The molecule has 350 valence electrons. The van der Waals surface area contributed by atoms with E-state index in [9.17, 15) is 14.3 Å². The van der Waals surface area contributed by atoms with Crippen LogP contribution in [-0.4, -0.2) is 49.9 Å². The topological polar surface area (TPSA) is 117 Å². The molecule has 0 amide bonds. The van der Waals surface area contributed by atoms with Crippen LogP contribution in [0.2, 0.25) is 0 Å². The van der Waals surface area contributed by atoms with Crippen molar-refractivity contribution in [3.8, 4) is 0 Å². The quantitative estimate of drug-likeness (QED) is 0.0269. The van der Waals surface area contributed by atoms with Gasteiger partial charge in [-0.2, -0.15) is 0 Å². The van der Waals surface area contributed by atoms with Gasteiger partial charge in [-0.05, 0) is 96.3 Å². The average Bonchev–Trinajstić information content (AvgIpc) is 3.25. The summed E-state index contributed by atoms with van der Waals surface area (Å²) in [5.41, 5.74) is 5.38. The first-order chi connectivity index (χ1) is 29.9. The molecule has 0 radical (unpaired) electrons. The molecule has 0 rings (SSSR count). The van der Waals surface area contributed by atoms with E-state index in [2.05, 4.69) is 111 Å². The molecule has 61 heavy (non-hydrogen) atoms. The maximum absolute atomic E-state index is 12.6. The summed E-state index contributed by atoms with van der Waals surface area (Å²) in [7, 11) is -4.30. The van der Waals surface area contributed by atoms with Crippen LogP contribution in [0.1, 0.15) is 187 Å². The number of allylic oxidation sites excluding steroid dienone is 16. The van der Waals surface area contributed by atoms with E-state index in [0.29, 0.717) is 13.0 Å². The predicted molar refractivity (Wildman–Crippen MR) is 261 cm³/mol. The highest BCUT2D eigenvalue weighted by Gasteiger charge is 2.25. The minimum Gasteiger partial charge on any atom is -0.457 e. The maximum atomic E-state index is 12.6. The lowest BCUT2D eigenvalue weighted by Gasteiger charge is -2.20. The molecule has 2 atom stereocenters. The van der Waals surface area contributed by atoms with Gasteiger partial charge in [0, 0.05) is 19.6 Å². The van der Waals surface area contributed by atoms with Gasteiger partial charge in [-0.15, -0.1) is 0 Å². The van der Waals surface area contributed by atoms with Gasteiger partial charge in [0.25, 0.3) is 0 Å². The van der Waals surface area contributed by atoms with E-state index in [1.807, 2.05) is 0 Å². The van der Waals surface area contributed by atoms with Crippen LogP contribution < -0.4 is 5.73 Å². The number of hydrogen-bond acceptors (Lipinski definition) is 7. The third kappa shape index (κ3) is 48.3. The summed E-state index contributed by atoms with van der Waals surface area (Å²) in [6.45, 7) is 4.72. The van der Waals surface area contributed by atoms with Gasteiger partial charge in [0.2, 0.25) is 0 Å². The third-order valence-electron chi connectivity index (χ3n) is 9.74. The molecule has 0 fully saturated rings. The highest BCUT2D eigenvalue weighted by atomic mass is 31.2. The Morgan fingerprint density at radius 2 is 0.918 bits per heavy atom. The summed E-state index contributed by atoms with van der Waals surface area (Å²) < 4.78 is 33.5. The largest absolute Gasteiger partial charge is 0.472 e. The fourth-order valence-corrected chi connectivity index (χ4v) is 6.97. The second-order valence-corrected chi connectivity index (χ2v) is 17.0. The smallest absolute Gasteiger partial charge is 0.457 e. The molecule has 9 heteroatoms. The molecule has 0 saturated heterocycles. The van der Waals surface area contributed by atoms with Crippen molar-refractivity contribution in [2.75, 3.05) is 33.0 Å². The molecule has 2 unspecified atom stereocenters. The molecule has 0 spiro atoms. The van der Waals surface area contributed by atoms with E-state index in [-0.39, 0.29) is 32.3 Å². The second-order valence-electron chi connectivity index (χ2n) is 15.6. The minimum absolute atomic E-state index is 0.0900. The van der Waals surface area contributed by atoms with E-state index < -0.39 is 13.9 Å². The molecule has 0 heterocycles. The van der Waals surface area contributed by atoms with Gasteiger partial charge in [0.1, 0.15) is 6.10 Å². The molecule has 0 aliphatic carbocycles. The molecule has 0 aromatic carbocycles. The Bertz CT molecular complexity index is 1250. The van der Waals surface area contributed by atoms with Crippen molar-refractivity contribution < 1.29 is 32.8 Å². The summed E-state index contributed by atoms with van der Waals surface area (Å²) in [5, 5.41) is 0. The molecule has 0 aromatic heterocycles. The first kappa shape index (κ1) is 58.4. The van der Waals surface area contributed by atoms with Gasteiger partial charge < -0.3 is 20.1 Å². The fourth-order valence-electron chi connectivity index (χ4n) is 6.21. The predicted octanol–water partition coefficient (Wildman–Crippen LogP) is 15.0. The normalized spacial score (nSPS) is 14.2. The summed E-state index contributed by atoms with van der Waals surface area (Å²) in [6.07, 6.45) is 64.3. The second kappa shape index (κ2) is 48.5. The number of unbranched alkanes of at least 4 members (excludes halogenated alkanes) is 16. The number of phosphoric acid groups is 1. The zero-order chi connectivity index (χ0) is 44.4. The van der Waals surface area contributed by atoms with Crippen LogP contribution in [0.3, 0.4) is 0 Å². The molecule has 0 aromatic rings. The highest BCUT2D eigenvalue weighted by molar-refractivity contribution is 7.47. The van der Waals surface area contributed by atoms with Crippen molar-refractivity contribution in [1.29, 1.82) is 0 Å². The van der Waals surface area contributed by atoms with Gasteiger partial charge in [0.15, 0.2) is 0 Å². The highest BCUT2D eigenvalue weighted by Crippen LogP contribution is 2.43. The first-order valence-electron chi connectivity index (χ1n) is 24.2. The Hall–Kier alpha value is -2.58. The van der Waals surface area contributed by atoms with Gasteiger partial charge >= 0.3 is 13.8 Å². The summed E-state index contributed by atoms with van der Waals surface area (Å²) in [6, 6.07) is 0. The van der Waals surface area contributed by atoms with E-state index in [4.69, 9.17) is 24.3 Å². The number of nitrogens with two attached hydrogens (primary N) is 1. The number of ether oxygens (including phenoxy) is 2. The Labute approximate surface area is 374 Å². The van der Waals surface area contributed by atoms with Gasteiger partial charge in [0.05, 0.1) is 19.8 Å². The molecular formula is C52H90NO7P. The summed E-state index contributed by atoms with van der Waals surface area (Å²) in [5.74, 6) is -0.349. The van der Waals surface area contributed by atoms with E-state index in [0.717, 1.165) is 96.3 Å². The number of hydrogen-bond donors (Lipinski definition) is 2. The monoisotopic (exact) mass is 872 g/mol. The maximum Gasteiger partial charge on any atom is 0.472 e. The Balaban J connectivity index is 4.07. The molecule has 3 N–H and O–H groups in total. The van der Waals surface area contributed by atoms with Crippen LogP contribution in [0.5, 0.6) is 0 Å². The molecule has 0 saturated carbocycles. The van der Waals surface area contributed by atoms with E-state index in [1.165, 1.54) is 70.6 Å². The zero-order valence-electron chi connectivity index (χ0n) is 38.9. The lowest BCUT2D eigenvalue weighted by Crippen LogP contribution is -2.28. The number of esters is 1. The number of rotatable bonds is 45. The van der Waals surface area contributed by atoms with Gasteiger partial charge in [-0.3, -0.25) is 13.8 Å². The molecule has 8 nitrogen and oxygen atoms in total. The van der Waals surface area contributed by atoms with Crippen molar-refractivity contribution >= 4 is 13.8 Å². The van der Waals surface area contributed by atoms with Crippen LogP contribution in [-0.2, 0) is 27.9 Å². The lowest BCUT2D eigenvalue weighted by molar-refractivity contribution is -0.154. The fraction of sp³-hybridized carbons (Fsp3) is 0.673. The van der Waals surface area contributed by atoms with Gasteiger partial charge in [-0.25, -0.2) is 4.57 Å². The van der Waals surface area contributed by atoms with Crippen LogP contribution in [0.4, 0.5) is 0 Å². The first-order valence-corrected chi connectivity index (χ1v) is 25.7. The van der Waals surface area contributed by atoms with Crippen molar-refractivity contribution in [1.82, 2.24) is 0 Å². The molecule has 0 bridgehead atoms. The van der Waals surface area contributed by atoms with E-state index >= 15 is 0 Å². The standard InChI is InChI=1S/C52H90NO7P/c1-3-5-7-9-11-13-15-17-19-21-23-24-25-26-27-28-30-32-34-36-38-40-42-44-47-57-49-51(50-59-61(55,56)58-48-46-53)60-52(54)45-43-41-39-37-35-33-31-29-22-20-18-16-14-12-10-8-6-4-2/h5,7,11,13-14,16-17,19-20,22-24,26-27,30,32,51H,3-4,6,8-10,12,15,18,21,25,28-29,31,33-50,53H2,1-2H3,(H,55,56)/b7-5-,13-11-,16-14-,19-17-,22-20-,24-23-,27-26-,32-30-. The Kier molecular flexibility index (Phi) is 46.4. The molecule has 0 aliphatic heterocycles. The Morgan fingerprint density at radius 3 is 1.38 bits per heavy atom. The van der Waals surface area contributed by atoms with Crippen molar-refractivity contribution in [3.05, 3.63) is 97.2 Å². The van der Waals surface area contributed by atoms with Crippen molar-refractivity contribution in [2.24, 2.45) is 5.73 Å². The van der Waals surface area contributed by atoms with Crippen molar-refractivity contribution in [2.45, 2.75) is 193 Å². The zero-order valence-corrected chi connectivity index (χ0v) is 39.8. The van der Waals surface area contributed by atoms with Crippen LogP contribution in [0, 0.1) is 0 Å². The molecule has 0 aliphatic rings. The van der Waals surface area contributed by atoms with Gasteiger partial charge in [-0.1, -0.05) is 182 Å². The van der Waals surface area contributed by atoms with Crippen LogP contribution >= 0.6 is 7.82 Å². The number of phosphoric ester groups is 1. The Morgan fingerprint density at radius 1 is 0.508 bits per heavy atom. The summed E-state index contributed by atoms with van der Waals surface area (Å²) >= 11 is 0. The van der Waals surface area contributed by atoms with Crippen LogP contribution in [0.25, 0.3) is 0 Å². The third-order valence-corrected chi connectivity index (χ3v) is 10.7. The minimum atomic E-state index is -4.30. The average molecular weight is 872 g/mol.